The van der Waals surface area contributed by atoms with Gasteiger partial charge in [0, 0.05) is 32.1 Å². The zero-order valence-corrected chi connectivity index (χ0v) is 12.3. The molecule has 7 nitrogen and oxygen atoms in total. The zero-order valence-electron chi connectivity index (χ0n) is 12.3. The summed E-state index contributed by atoms with van der Waals surface area (Å²) in [5, 5.41) is 22.6. The molecule has 7 heteroatoms. The number of hydrogen-bond acceptors (Lipinski definition) is 7. The Balaban J connectivity index is 1.56. The first-order valence-electron chi connectivity index (χ1n) is 7.24. The summed E-state index contributed by atoms with van der Waals surface area (Å²) < 4.78 is 4.98. The molecule has 1 aromatic heterocycles. The minimum atomic E-state index is -0.0948. The van der Waals surface area contributed by atoms with Gasteiger partial charge in [-0.1, -0.05) is 29.4 Å². The van der Waals surface area contributed by atoms with Crippen LogP contribution in [-0.4, -0.2) is 29.0 Å². The Hall–Kier alpha value is -2.27. The lowest BCUT2D eigenvalue weighted by Crippen LogP contribution is -2.55. The van der Waals surface area contributed by atoms with E-state index < -0.39 is 0 Å². The summed E-state index contributed by atoms with van der Waals surface area (Å²) in [6, 6.07) is 10.2. The van der Waals surface area contributed by atoms with Crippen LogP contribution in [0.15, 0.2) is 28.8 Å². The molecule has 3 rings (SSSR count). The van der Waals surface area contributed by atoms with Gasteiger partial charge in [-0.3, -0.25) is 16.0 Å². The maximum absolute atomic E-state index is 8.95. The molecule has 1 saturated heterocycles. The topological polar surface area (TPSA) is 98.8 Å². The molecule has 0 amide bonds. The number of nitrogens with one attached hydrogen (secondary N) is 3. The Morgan fingerprint density at radius 3 is 2.86 bits per heavy atom. The van der Waals surface area contributed by atoms with E-state index in [2.05, 4.69) is 32.2 Å². The molecule has 0 spiro atoms. The van der Waals surface area contributed by atoms with Crippen LogP contribution in [0.3, 0.4) is 0 Å². The number of rotatable bonds is 4. The first-order chi connectivity index (χ1) is 10.7. The molecule has 1 aliphatic heterocycles. The first-order valence-corrected chi connectivity index (χ1v) is 7.24. The van der Waals surface area contributed by atoms with Gasteiger partial charge >= 0.3 is 0 Å². The van der Waals surface area contributed by atoms with E-state index in [1.165, 1.54) is 0 Å². The van der Waals surface area contributed by atoms with Crippen LogP contribution in [0, 0.1) is 18.3 Å². The minimum absolute atomic E-state index is 0.0948. The van der Waals surface area contributed by atoms with Gasteiger partial charge in [-0.15, -0.1) is 0 Å². The van der Waals surface area contributed by atoms with E-state index in [9.17, 15) is 0 Å². The molecule has 1 aliphatic rings. The summed E-state index contributed by atoms with van der Waals surface area (Å²) in [4.78, 5) is 4.21. The molecule has 3 N–H and O–H groups in total. The van der Waals surface area contributed by atoms with Gasteiger partial charge in [-0.2, -0.15) is 10.2 Å². The van der Waals surface area contributed by atoms with Gasteiger partial charge in [-0.05, 0) is 5.56 Å². The van der Waals surface area contributed by atoms with Crippen LogP contribution in [0.2, 0.25) is 0 Å². The molecule has 22 heavy (non-hydrogen) atoms. The third-order valence-corrected chi connectivity index (χ3v) is 3.62. The van der Waals surface area contributed by atoms with Crippen LogP contribution < -0.4 is 16.0 Å². The van der Waals surface area contributed by atoms with Crippen molar-refractivity contribution in [1.29, 1.82) is 5.26 Å². The Labute approximate surface area is 128 Å². The minimum Gasteiger partial charge on any atom is -0.339 e. The predicted octanol–water partition coefficient (Wildman–Crippen LogP) is 0.893. The van der Waals surface area contributed by atoms with Gasteiger partial charge in [0.1, 0.15) is 0 Å². The molecule has 2 heterocycles. The molecule has 0 bridgehead atoms. The molecule has 1 aromatic carbocycles. The van der Waals surface area contributed by atoms with E-state index in [4.69, 9.17) is 9.78 Å². The van der Waals surface area contributed by atoms with Crippen LogP contribution in [0.5, 0.6) is 0 Å². The fourth-order valence-electron chi connectivity index (χ4n) is 2.39. The fraction of sp³-hybridized carbons (Fsp3) is 0.400. The van der Waals surface area contributed by atoms with Crippen molar-refractivity contribution in [3.05, 3.63) is 35.7 Å². The number of benzene rings is 1. The monoisotopic (exact) mass is 298 g/mol. The summed E-state index contributed by atoms with van der Waals surface area (Å²) in [7, 11) is 0. The number of aryl methyl sites for hydroxylation is 1. The lowest BCUT2D eigenvalue weighted by Gasteiger charge is -2.28. The van der Waals surface area contributed by atoms with Crippen molar-refractivity contribution in [3.63, 3.8) is 0 Å². The van der Waals surface area contributed by atoms with Gasteiger partial charge in [-0.25, -0.2) is 0 Å². The van der Waals surface area contributed by atoms with Crippen LogP contribution >= 0.6 is 0 Å². The third kappa shape index (κ3) is 3.49. The number of nitrogens with zero attached hydrogens (tertiary/aromatic N) is 3. The van der Waals surface area contributed by atoms with Gasteiger partial charge in [0.2, 0.25) is 11.7 Å². The zero-order chi connectivity index (χ0) is 15.4. The van der Waals surface area contributed by atoms with E-state index in [0.29, 0.717) is 18.4 Å². The Morgan fingerprint density at radius 2 is 2.18 bits per heavy atom. The quantitative estimate of drug-likeness (QED) is 0.771. The number of aromatic nitrogens is 2. The Kier molecular flexibility index (Phi) is 4.44. The third-order valence-electron chi connectivity index (χ3n) is 3.62. The van der Waals surface area contributed by atoms with E-state index in [0.717, 1.165) is 24.1 Å². The maximum atomic E-state index is 8.95. The smallest absolute Gasteiger partial charge is 0.223 e. The summed E-state index contributed by atoms with van der Waals surface area (Å²) in [5.41, 5.74) is 2.10. The van der Waals surface area contributed by atoms with Crippen LogP contribution in [-0.2, 0) is 6.54 Å². The Bertz CT molecular complexity index is 659. The highest BCUT2D eigenvalue weighted by Gasteiger charge is 2.19. The standard InChI is InChI=1S/C15H18N6O/c1-10-20-15(21-22-10)12-4-2-11(3-5-12)8-17-14-6-13(7-16)18-9-19-14/h2-5,13-14,17-19H,6,8-9H2,1H3. The first kappa shape index (κ1) is 14.7. The van der Waals surface area contributed by atoms with E-state index in [1.54, 1.807) is 6.92 Å². The summed E-state index contributed by atoms with van der Waals surface area (Å²) in [6.07, 6.45) is 0.891. The van der Waals surface area contributed by atoms with Crippen molar-refractivity contribution in [2.24, 2.45) is 0 Å². The van der Waals surface area contributed by atoms with Crippen LogP contribution in [0.4, 0.5) is 0 Å². The molecule has 2 unspecified atom stereocenters. The molecule has 0 aliphatic carbocycles. The molecule has 114 valence electrons. The van der Waals surface area contributed by atoms with Gasteiger partial charge < -0.3 is 4.52 Å². The molecule has 2 atom stereocenters. The highest BCUT2D eigenvalue weighted by Crippen LogP contribution is 2.16. The number of hydrogen-bond donors (Lipinski definition) is 3. The molecule has 0 saturated carbocycles. The van der Waals surface area contributed by atoms with Gasteiger partial charge in [0.15, 0.2) is 0 Å². The lowest BCUT2D eigenvalue weighted by molar-refractivity contribution is 0.305. The average molecular weight is 298 g/mol. The van der Waals surface area contributed by atoms with Crippen LogP contribution in [0.1, 0.15) is 17.9 Å². The van der Waals surface area contributed by atoms with Crippen molar-refractivity contribution in [3.8, 4) is 17.5 Å². The van der Waals surface area contributed by atoms with Crippen molar-refractivity contribution >= 4 is 0 Å². The molecule has 0 radical (unpaired) electrons. The number of nitriles is 1. The second-order valence-electron chi connectivity index (χ2n) is 5.27. The second kappa shape index (κ2) is 6.66. The summed E-state index contributed by atoms with van der Waals surface area (Å²) in [6.45, 7) is 3.16. The van der Waals surface area contributed by atoms with Crippen molar-refractivity contribution < 1.29 is 4.52 Å². The fourth-order valence-corrected chi connectivity index (χ4v) is 2.39. The second-order valence-corrected chi connectivity index (χ2v) is 5.27. The summed E-state index contributed by atoms with van der Waals surface area (Å²) >= 11 is 0. The van der Waals surface area contributed by atoms with Gasteiger partial charge in [0.05, 0.1) is 18.3 Å². The van der Waals surface area contributed by atoms with Crippen LogP contribution in [0.25, 0.3) is 11.4 Å². The van der Waals surface area contributed by atoms with Crippen molar-refractivity contribution in [2.75, 3.05) is 6.67 Å². The molecule has 2 aromatic rings. The summed E-state index contributed by atoms with van der Waals surface area (Å²) in [5.74, 6) is 1.17. The highest BCUT2D eigenvalue weighted by atomic mass is 16.5. The predicted molar refractivity (Wildman–Crippen MR) is 80.3 cm³/mol. The van der Waals surface area contributed by atoms with Gasteiger partial charge in [0.25, 0.3) is 0 Å². The molecule has 1 fully saturated rings. The highest BCUT2D eigenvalue weighted by molar-refractivity contribution is 5.54. The maximum Gasteiger partial charge on any atom is 0.223 e. The molecular weight excluding hydrogens is 280 g/mol. The van der Waals surface area contributed by atoms with E-state index in [1.807, 2.05) is 24.3 Å². The van der Waals surface area contributed by atoms with E-state index >= 15 is 0 Å². The van der Waals surface area contributed by atoms with Crippen molar-refractivity contribution in [2.45, 2.75) is 32.1 Å². The Morgan fingerprint density at radius 1 is 1.36 bits per heavy atom. The largest absolute Gasteiger partial charge is 0.339 e. The average Bonchev–Trinajstić information content (AvgIpc) is 3.00. The molecular formula is C15H18N6O. The normalized spacial score (nSPS) is 21.5. The lowest BCUT2D eigenvalue weighted by atomic mass is 10.1. The van der Waals surface area contributed by atoms with Crippen molar-refractivity contribution in [1.82, 2.24) is 26.1 Å². The SMILES string of the molecule is Cc1nc(-c2ccc(CNC3CC(C#N)NCN3)cc2)no1. The van der Waals surface area contributed by atoms with E-state index in [-0.39, 0.29) is 12.2 Å².